The van der Waals surface area contributed by atoms with Gasteiger partial charge in [-0.3, -0.25) is 0 Å². The molecule has 0 saturated heterocycles. The number of rotatable bonds is 3. The normalized spacial score (nSPS) is 10.7. The van der Waals surface area contributed by atoms with Crippen LogP contribution in [0.2, 0.25) is 0 Å². The summed E-state index contributed by atoms with van der Waals surface area (Å²) in [4.78, 5) is 2.79. The molecule has 0 bridgehead atoms. The topological polar surface area (TPSA) is 20.2 Å². The van der Waals surface area contributed by atoms with E-state index in [2.05, 4.69) is 20.8 Å². The van der Waals surface area contributed by atoms with Gasteiger partial charge in [-0.1, -0.05) is 6.92 Å². The number of hydrogen-bond acceptors (Lipinski definition) is 2. The van der Waals surface area contributed by atoms with Crippen molar-refractivity contribution in [2.75, 3.05) is 6.61 Å². The first-order valence-electron chi connectivity index (χ1n) is 4.39. The van der Waals surface area contributed by atoms with Crippen molar-refractivity contribution < 1.29 is 5.11 Å². The SMILES string of the molecule is CCc1c(C)sc(C)c1CCO. The van der Waals surface area contributed by atoms with Crippen molar-refractivity contribution in [1.29, 1.82) is 0 Å². The zero-order chi connectivity index (χ0) is 9.14. The summed E-state index contributed by atoms with van der Waals surface area (Å²) >= 11 is 1.85. The maximum absolute atomic E-state index is 8.88. The first kappa shape index (κ1) is 9.75. The minimum atomic E-state index is 0.268. The highest BCUT2D eigenvalue weighted by atomic mass is 32.1. The van der Waals surface area contributed by atoms with Crippen LogP contribution in [0.4, 0.5) is 0 Å². The van der Waals surface area contributed by atoms with Gasteiger partial charge in [0.1, 0.15) is 0 Å². The molecule has 12 heavy (non-hydrogen) atoms. The lowest BCUT2D eigenvalue weighted by atomic mass is 10.0. The Labute approximate surface area is 78.1 Å². The van der Waals surface area contributed by atoms with Gasteiger partial charge in [0.15, 0.2) is 0 Å². The molecule has 1 aromatic rings. The van der Waals surface area contributed by atoms with Gasteiger partial charge in [0.05, 0.1) is 0 Å². The smallest absolute Gasteiger partial charge is 0.0471 e. The van der Waals surface area contributed by atoms with Gasteiger partial charge in [-0.25, -0.2) is 0 Å². The van der Waals surface area contributed by atoms with Crippen molar-refractivity contribution in [1.82, 2.24) is 0 Å². The average molecular weight is 184 g/mol. The molecule has 1 heterocycles. The largest absolute Gasteiger partial charge is 0.396 e. The van der Waals surface area contributed by atoms with Gasteiger partial charge in [-0.15, -0.1) is 11.3 Å². The van der Waals surface area contributed by atoms with Crippen LogP contribution in [0.15, 0.2) is 0 Å². The second-order valence-corrected chi connectivity index (χ2v) is 4.43. The first-order valence-corrected chi connectivity index (χ1v) is 5.21. The van der Waals surface area contributed by atoms with Gasteiger partial charge < -0.3 is 5.11 Å². The molecule has 0 atom stereocenters. The van der Waals surface area contributed by atoms with Crippen LogP contribution in [0, 0.1) is 13.8 Å². The fraction of sp³-hybridized carbons (Fsp3) is 0.600. The van der Waals surface area contributed by atoms with Gasteiger partial charge in [0.2, 0.25) is 0 Å². The summed E-state index contributed by atoms with van der Waals surface area (Å²) in [5, 5.41) is 8.88. The molecule has 0 radical (unpaired) electrons. The predicted molar refractivity (Wildman–Crippen MR) is 54.0 cm³/mol. The Morgan fingerprint density at radius 3 is 2.25 bits per heavy atom. The van der Waals surface area contributed by atoms with Crippen molar-refractivity contribution in [3.05, 3.63) is 20.9 Å². The summed E-state index contributed by atoms with van der Waals surface area (Å²) in [7, 11) is 0. The fourth-order valence-corrected chi connectivity index (χ4v) is 2.88. The monoisotopic (exact) mass is 184 g/mol. The molecule has 1 rings (SSSR count). The van der Waals surface area contributed by atoms with E-state index in [1.165, 1.54) is 20.9 Å². The van der Waals surface area contributed by atoms with Gasteiger partial charge in [-0.05, 0) is 37.8 Å². The molecule has 0 saturated carbocycles. The lowest BCUT2D eigenvalue weighted by Gasteiger charge is -2.01. The highest BCUT2D eigenvalue weighted by Crippen LogP contribution is 2.27. The van der Waals surface area contributed by atoms with Crippen LogP contribution in [0.1, 0.15) is 27.8 Å². The van der Waals surface area contributed by atoms with Gasteiger partial charge in [-0.2, -0.15) is 0 Å². The molecule has 0 aliphatic heterocycles. The lowest BCUT2D eigenvalue weighted by molar-refractivity contribution is 0.299. The molecular formula is C10H16OS. The summed E-state index contributed by atoms with van der Waals surface area (Å²) in [6.45, 7) is 6.75. The highest BCUT2D eigenvalue weighted by molar-refractivity contribution is 7.12. The molecule has 1 nitrogen and oxygen atoms in total. The number of thiophene rings is 1. The third-order valence-corrected chi connectivity index (χ3v) is 3.34. The molecule has 1 N–H and O–H groups in total. The van der Waals surface area contributed by atoms with Crippen molar-refractivity contribution in [3.63, 3.8) is 0 Å². The Balaban J connectivity index is 3.04. The van der Waals surface area contributed by atoms with E-state index in [1.807, 2.05) is 11.3 Å². The lowest BCUT2D eigenvalue weighted by Crippen LogP contribution is -1.95. The Bertz CT molecular complexity index is 263. The minimum Gasteiger partial charge on any atom is -0.396 e. The van der Waals surface area contributed by atoms with Crippen LogP contribution >= 0.6 is 11.3 Å². The van der Waals surface area contributed by atoms with E-state index in [0.29, 0.717) is 0 Å². The van der Waals surface area contributed by atoms with E-state index in [9.17, 15) is 0 Å². The van der Waals surface area contributed by atoms with Gasteiger partial charge in [0.25, 0.3) is 0 Å². The molecule has 68 valence electrons. The molecule has 1 aromatic heterocycles. The second kappa shape index (κ2) is 4.06. The molecule has 0 amide bonds. The van der Waals surface area contributed by atoms with E-state index in [0.717, 1.165) is 12.8 Å². The van der Waals surface area contributed by atoms with Crippen LogP contribution in [-0.2, 0) is 12.8 Å². The van der Waals surface area contributed by atoms with E-state index in [1.54, 1.807) is 0 Å². The van der Waals surface area contributed by atoms with Gasteiger partial charge in [0, 0.05) is 16.4 Å². The molecule has 0 aliphatic rings. The average Bonchev–Trinajstić information content (AvgIpc) is 2.28. The van der Waals surface area contributed by atoms with Crippen LogP contribution in [0.3, 0.4) is 0 Å². The first-order chi connectivity index (χ1) is 5.70. The predicted octanol–water partition coefficient (Wildman–Crippen LogP) is 2.46. The van der Waals surface area contributed by atoms with Crippen LogP contribution in [0.5, 0.6) is 0 Å². The van der Waals surface area contributed by atoms with E-state index < -0.39 is 0 Å². The Morgan fingerprint density at radius 2 is 1.75 bits per heavy atom. The van der Waals surface area contributed by atoms with Gasteiger partial charge >= 0.3 is 0 Å². The molecule has 0 unspecified atom stereocenters. The van der Waals surface area contributed by atoms with Crippen molar-refractivity contribution >= 4 is 11.3 Å². The Hall–Kier alpha value is -0.340. The van der Waals surface area contributed by atoms with Crippen molar-refractivity contribution in [3.8, 4) is 0 Å². The molecule has 0 fully saturated rings. The molecule has 0 spiro atoms. The number of aryl methyl sites for hydroxylation is 2. The van der Waals surface area contributed by atoms with Crippen LogP contribution in [-0.4, -0.2) is 11.7 Å². The van der Waals surface area contributed by atoms with Crippen LogP contribution in [0.25, 0.3) is 0 Å². The molecule has 0 aliphatic carbocycles. The van der Waals surface area contributed by atoms with E-state index in [-0.39, 0.29) is 6.61 Å². The van der Waals surface area contributed by atoms with E-state index >= 15 is 0 Å². The van der Waals surface area contributed by atoms with Crippen molar-refractivity contribution in [2.45, 2.75) is 33.6 Å². The number of aliphatic hydroxyl groups excluding tert-OH is 1. The summed E-state index contributed by atoms with van der Waals surface area (Å²) in [5.41, 5.74) is 2.83. The zero-order valence-corrected chi connectivity index (χ0v) is 8.79. The molecule has 2 heteroatoms. The zero-order valence-electron chi connectivity index (χ0n) is 7.98. The summed E-state index contributed by atoms with van der Waals surface area (Å²) in [6.07, 6.45) is 1.91. The minimum absolute atomic E-state index is 0.268. The Morgan fingerprint density at radius 1 is 1.17 bits per heavy atom. The molecular weight excluding hydrogens is 168 g/mol. The van der Waals surface area contributed by atoms with Crippen LogP contribution < -0.4 is 0 Å². The molecule has 0 aromatic carbocycles. The fourth-order valence-electron chi connectivity index (χ4n) is 1.68. The quantitative estimate of drug-likeness (QED) is 0.765. The summed E-state index contributed by atoms with van der Waals surface area (Å²) < 4.78 is 0. The van der Waals surface area contributed by atoms with Crippen molar-refractivity contribution in [2.24, 2.45) is 0 Å². The standard InChI is InChI=1S/C10H16OS/c1-4-9-7(2)12-8(3)10(9)5-6-11/h11H,4-6H2,1-3H3. The third-order valence-electron chi connectivity index (χ3n) is 2.24. The second-order valence-electron chi connectivity index (χ2n) is 3.00. The highest BCUT2D eigenvalue weighted by Gasteiger charge is 2.09. The summed E-state index contributed by atoms with van der Waals surface area (Å²) in [6, 6.07) is 0. The number of aliphatic hydroxyl groups is 1. The maximum Gasteiger partial charge on any atom is 0.0471 e. The maximum atomic E-state index is 8.88. The number of hydrogen-bond donors (Lipinski definition) is 1. The summed E-state index contributed by atoms with van der Waals surface area (Å²) in [5.74, 6) is 0. The third kappa shape index (κ3) is 1.70. The Kier molecular flexibility index (Phi) is 3.29. The van der Waals surface area contributed by atoms with E-state index in [4.69, 9.17) is 5.11 Å².